The maximum atomic E-state index is 9.13. The normalized spacial score (nSPS) is 8.88. The van der Waals surface area contributed by atoms with Crippen LogP contribution in [0.4, 0.5) is 5.69 Å². The van der Waals surface area contributed by atoms with E-state index in [2.05, 4.69) is 17.4 Å². The molecule has 0 heterocycles. The molecule has 2 aromatic rings. The van der Waals surface area contributed by atoms with Crippen LogP contribution in [-0.4, -0.2) is 12.1 Å². The molecule has 80 valence electrons. The fourth-order valence-corrected chi connectivity index (χ4v) is 1.34. The molecule has 0 bridgehead atoms. The molecule has 0 unspecified atom stereocenters. The summed E-state index contributed by atoms with van der Waals surface area (Å²) in [6.07, 6.45) is 0. The van der Waals surface area contributed by atoms with Crippen LogP contribution in [0.15, 0.2) is 30.3 Å². The van der Waals surface area contributed by atoms with Gasteiger partial charge in [-0.3, -0.25) is 11.5 Å². The van der Waals surface area contributed by atoms with Crippen LogP contribution in [0.5, 0.6) is 0 Å². The molecule has 0 saturated heterocycles. The molecule has 0 aliphatic rings. The summed E-state index contributed by atoms with van der Waals surface area (Å²) >= 11 is 0. The van der Waals surface area contributed by atoms with Gasteiger partial charge in [-0.1, -0.05) is 12.1 Å². The van der Waals surface area contributed by atoms with Crippen LogP contribution in [0.25, 0.3) is 10.8 Å². The van der Waals surface area contributed by atoms with Crippen LogP contribution in [0.2, 0.25) is 6.82 Å². The van der Waals surface area contributed by atoms with E-state index in [9.17, 15) is 0 Å². The number of hydrogen-bond acceptors (Lipinski definition) is 2. The number of nitrogens with one attached hydrogen (secondary N) is 1. The van der Waals surface area contributed by atoms with E-state index in [1.165, 1.54) is 0 Å². The van der Waals surface area contributed by atoms with Crippen LogP contribution in [-0.2, 0) is 21.1 Å². The third kappa shape index (κ3) is 4.26. The second-order valence-electron chi connectivity index (χ2n) is 3.20. The quantitative estimate of drug-likeness (QED) is 0.406. The number of benzene rings is 2. The van der Waals surface area contributed by atoms with E-state index in [0.29, 0.717) is 5.69 Å². The van der Waals surface area contributed by atoms with Gasteiger partial charge in [0.1, 0.15) is 0 Å². The summed E-state index contributed by atoms with van der Waals surface area (Å²) in [6.45, 7) is 1.66. The Morgan fingerprint density at radius 2 is 2.00 bits per heavy atom. The van der Waals surface area contributed by atoms with E-state index >= 15 is 0 Å². The number of hydrogen-bond donors (Lipinski definition) is 2. The second kappa shape index (κ2) is 7.56. The molecule has 16 heavy (non-hydrogen) atoms. The zero-order chi connectivity index (χ0) is 9.97. The third-order valence-electron chi connectivity index (χ3n) is 1.95. The molecule has 0 aliphatic carbocycles. The van der Waals surface area contributed by atoms with Crippen LogP contribution >= 0.6 is 0 Å². The predicted molar refractivity (Wildman–Crippen MR) is 59.1 cm³/mol. The summed E-state index contributed by atoms with van der Waals surface area (Å²) in [4.78, 5) is 0. The number of fused-ring (bicyclic) bond motifs is 1. The molecule has 2 N–H and O–H groups in total. The first-order valence-corrected chi connectivity index (χ1v) is 4.53. The van der Waals surface area contributed by atoms with E-state index in [1.807, 2.05) is 30.3 Å². The van der Waals surface area contributed by atoms with Gasteiger partial charge < -0.3 is 22.4 Å². The Labute approximate surface area is 134 Å². The average Bonchev–Trinajstić information content (AvgIpc) is 2.17. The molecule has 2 nitrogen and oxygen atoms in total. The molecule has 0 atom stereocenters. The minimum absolute atomic E-state index is 0. The molecule has 2 aromatic carbocycles. The number of rotatable bonds is 2. The standard InChI is InChI=1S/C11H10BNO.U.W/c1-12(14)13-11-7-6-9-4-2-3-5-10(9)8-11;;/h2-6,13-14H,1H3;;/q-2;;. The molecule has 0 aromatic heterocycles. The van der Waals surface area contributed by atoms with Gasteiger partial charge in [-0.25, -0.2) is 11.1 Å². The Bertz CT molecular complexity index is 453. The van der Waals surface area contributed by atoms with E-state index in [0.717, 1.165) is 10.8 Å². The molecule has 0 spiro atoms. The summed E-state index contributed by atoms with van der Waals surface area (Å²) < 4.78 is 0. The van der Waals surface area contributed by atoms with Gasteiger partial charge in [0, 0.05) is 52.2 Å². The van der Waals surface area contributed by atoms with E-state index in [4.69, 9.17) is 5.02 Å². The van der Waals surface area contributed by atoms with Gasteiger partial charge >= 0.3 is 7.05 Å². The first-order valence-electron chi connectivity index (χ1n) is 4.53. The van der Waals surface area contributed by atoms with Gasteiger partial charge in [0.2, 0.25) is 0 Å². The Morgan fingerprint density at radius 1 is 1.31 bits per heavy atom. The Balaban J connectivity index is 0.00000112. The van der Waals surface area contributed by atoms with Crippen molar-refractivity contribution in [1.82, 2.24) is 0 Å². The van der Waals surface area contributed by atoms with E-state index in [1.54, 1.807) is 6.82 Å². The number of anilines is 1. The van der Waals surface area contributed by atoms with Crippen molar-refractivity contribution in [3.05, 3.63) is 42.5 Å². The van der Waals surface area contributed by atoms with Crippen molar-refractivity contribution < 1.29 is 57.2 Å². The monoisotopic (exact) mass is 605 g/mol. The van der Waals surface area contributed by atoms with Crippen LogP contribution in [0.1, 0.15) is 0 Å². The van der Waals surface area contributed by atoms with Gasteiger partial charge in [-0.15, -0.1) is 6.07 Å². The SMILES string of the molecule is CB(O)Nc1[c-]cc2ccccc2[c-]1.[U].[W]. The molecule has 5 heteroatoms. The van der Waals surface area contributed by atoms with Crippen molar-refractivity contribution >= 4 is 23.5 Å². The largest absolute Gasteiger partial charge is 0.448 e. The average molecular weight is 605 g/mol. The smallest absolute Gasteiger partial charge is 0.403 e. The third-order valence-corrected chi connectivity index (χ3v) is 1.95. The summed E-state index contributed by atoms with van der Waals surface area (Å²) in [6, 6.07) is 16.0. The molecular weight excluding hydrogens is 595 g/mol. The molecule has 0 fully saturated rings. The van der Waals surface area contributed by atoms with Gasteiger partial charge in [-0.2, -0.15) is 6.07 Å². The van der Waals surface area contributed by atoms with E-state index < -0.39 is 7.05 Å². The summed E-state index contributed by atoms with van der Waals surface area (Å²) in [7, 11) is -0.580. The maximum absolute atomic E-state index is 9.13. The minimum atomic E-state index is -0.580. The molecule has 0 saturated carbocycles. The fourth-order valence-electron chi connectivity index (χ4n) is 1.34. The van der Waals surface area contributed by atoms with Crippen molar-refractivity contribution in [2.24, 2.45) is 0 Å². The van der Waals surface area contributed by atoms with Crippen LogP contribution < -0.4 is 5.23 Å². The fraction of sp³-hybridized carbons (Fsp3) is 0.0909. The zero-order valence-electron chi connectivity index (χ0n) is 8.82. The van der Waals surface area contributed by atoms with Crippen molar-refractivity contribution in [3.8, 4) is 0 Å². The first kappa shape index (κ1) is 16.3. The molecule has 2 rings (SSSR count). The topological polar surface area (TPSA) is 32.3 Å². The van der Waals surface area contributed by atoms with Gasteiger partial charge in [0.05, 0.1) is 0 Å². The van der Waals surface area contributed by atoms with Crippen molar-refractivity contribution in [2.45, 2.75) is 6.82 Å². The van der Waals surface area contributed by atoms with Crippen LogP contribution in [0.3, 0.4) is 0 Å². The Hall–Kier alpha value is 0.265. The second-order valence-corrected chi connectivity index (χ2v) is 3.20. The van der Waals surface area contributed by atoms with Crippen molar-refractivity contribution in [2.75, 3.05) is 5.23 Å². The van der Waals surface area contributed by atoms with Gasteiger partial charge in [0.15, 0.2) is 0 Å². The zero-order valence-corrected chi connectivity index (χ0v) is 15.9. The summed E-state index contributed by atoms with van der Waals surface area (Å²) in [5, 5.41) is 14.1. The van der Waals surface area contributed by atoms with E-state index in [-0.39, 0.29) is 52.2 Å². The molecular formula is C11H10BNOUW-2. The Morgan fingerprint density at radius 3 is 2.69 bits per heavy atom. The maximum Gasteiger partial charge on any atom is 0.403 e. The van der Waals surface area contributed by atoms with Crippen molar-refractivity contribution in [3.63, 3.8) is 0 Å². The first-order chi connectivity index (χ1) is 6.75. The minimum Gasteiger partial charge on any atom is -0.448 e. The molecule has 0 aliphatic heterocycles. The van der Waals surface area contributed by atoms with Crippen molar-refractivity contribution in [1.29, 1.82) is 0 Å². The molecule has 0 amide bonds. The summed E-state index contributed by atoms with van der Waals surface area (Å²) in [5.41, 5.74) is 0.693. The van der Waals surface area contributed by atoms with Gasteiger partial charge in [-0.05, 0) is 6.82 Å². The Kier molecular flexibility index (Phi) is 7.69. The summed E-state index contributed by atoms with van der Waals surface area (Å²) in [5.74, 6) is 0. The molecule has 0 radical (unpaired) electrons. The van der Waals surface area contributed by atoms with Gasteiger partial charge in [0.25, 0.3) is 0 Å². The predicted octanol–water partition coefficient (Wildman–Crippen LogP) is 1.96. The van der Waals surface area contributed by atoms with Crippen LogP contribution in [0, 0.1) is 43.2 Å².